The second-order valence-corrected chi connectivity index (χ2v) is 6.69. The maximum absolute atomic E-state index is 13.1. The monoisotopic (exact) mass is 303 g/mol. The van der Waals surface area contributed by atoms with Crippen LogP contribution in [0, 0.1) is 5.82 Å². The molecule has 1 aromatic rings. The molecule has 120 valence electrons. The molecular formula is C18H26FN3. The van der Waals surface area contributed by atoms with Crippen LogP contribution in [0.3, 0.4) is 0 Å². The molecule has 1 aromatic carbocycles. The zero-order valence-electron chi connectivity index (χ0n) is 13.4. The van der Waals surface area contributed by atoms with E-state index in [9.17, 15) is 4.39 Å². The van der Waals surface area contributed by atoms with Gasteiger partial charge in [0.15, 0.2) is 5.96 Å². The van der Waals surface area contributed by atoms with Gasteiger partial charge in [0.1, 0.15) is 5.82 Å². The first-order valence-corrected chi connectivity index (χ1v) is 8.45. The summed E-state index contributed by atoms with van der Waals surface area (Å²) in [7, 11) is 1.83. The summed E-state index contributed by atoms with van der Waals surface area (Å²) in [6, 6.07) is 7.57. The lowest BCUT2D eigenvalue weighted by Crippen LogP contribution is -2.50. The normalized spacial score (nSPS) is 21.5. The highest BCUT2D eigenvalue weighted by Gasteiger charge is 2.38. The fourth-order valence-electron chi connectivity index (χ4n) is 3.69. The summed E-state index contributed by atoms with van der Waals surface area (Å²) in [6.07, 6.45) is 8.67. The number of guanidine groups is 1. The molecule has 4 heteroatoms. The third kappa shape index (κ3) is 3.26. The highest BCUT2D eigenvalue weighted by atomic mass is 19.1. The lowest BCUT2D eigenvalue weighted by atomic mass is 9.64. The van der Waals surface area contributed by atoms with Crippen LogP contribution in [-0.2, 0) is 5.41 Å². The number of nitrogens with one attached hydrogen (secondary N) is 2. The zero-order valence-corrected chi connectivity index (χ0v) is 13.4. The van der Waals surface area contributed by atoms with Gasteiger partial charge >= 0.3 is 0 Å². The Balaban J connectivity index is 1.61. The molecule has 0 saturated heterocycles. The molecule has 2 saturated carbocycles. The topological polar surface area (TPSA) is 36.4 Å². The van der Waals surface area contributed by atoms with Crippen LogP contribution in [0.4, 0.5) is 4.39 Å². The van der Waals surface area contributed by atoms with Gasteiger partial charge in [-0.25, -0.2) is 4.39 Å². The van der Waals surface area contributed by atoms with Gasteiger partial charge in [0, 0.05) is 25.0 Å². The van der Waals surface area contributed by atoms with Crippen LogP contribution in [0.25, 0.3) is 0 Å². The zero-order chi connectivity index (χ0) is 15.4. The van der Waals surface area contributed by atoms with Crippen molar-refractivity contribution in [3.05, 3.63) is 35.6 Å². The lowest BCUT2D eigenvalue weighted by molar-refractivity contribution is 0.243. The average Bonchev–Trinajstić information content (AvgIpc) is 2.99. The molecular weight excluding hydrogens is 277 g/mol. The van der Waals surface area contributed by atoms with Crippen molar-refractivity contribution in [2.75, 3.05) is 13.6 Å². The molecule has 0 amide bonds. The van der Waals surface area contributed by atoms with Gasteiger partial charge in [-0.05, 0) is 43.4 Å². The van der Waals surface area contributed by atoms with Gasteiger partial charge in [-0.2, -0.15) is 0 Å². The minimum atomic E-state index is -0.162. The van der Waals surface area contributed by atoms with E-state index in [1.165, 1.54) is 37.7 Å². The van der Waals surface area contributed by atoms with E-state index in [2.05, 4.69) is 15.6 Å². The molecule has 0 unspecified atom stereocenters. The largest absolute Gasteiger partial charge is 0.356 e. The van der Waals surface area contributed by atoms with Crippen molar-refractivity contribution in [1.29, 1.82) is 0 Å². The standard InChI is InChI=1S/C18H26FN3/c1-20-17(22-16-5-2-3-6-16)21-13-18(11-4-12-18)14-7-9-15(19)10-8-14/h7-10,16H,2-6,11-13H2,1H3,(H2,20,21,22). The molecule has 0 heterocycles. The van der Waals surface area contributed by atoms with Crippen molar-refractivity contribution in [3.8, 4) is 0 Å². The van der Waals surface area contributed by atoms with E-state index in [0.717, 1.165) is 25.3 Å². The Hall–Kier alpha value is -1.58. The Labute approximate surface area is 132 Å². The molecule has 0 aromatic heterocycles. The molecule has 0 spiro atoms. The highest BCUT2D eigenvalue weighted by molar-refractivity contribution is 5.80. The smallest absolute Gasteiger partial charge is 0.191 e. The van der Waals surface area contributed by atoms with Crippen molar-refractivity contribution in [2.24, 2.45) is 4.99 Å². The minimum absolute atomic E-state index is 0.140. The third-order valence-electron chi connectivity index (χ3n) is 5.28. The molecule has 0 radical (unpaired) electrons. The van der Waals surface area contributed by atoms with E-state index in [1.807, 2.05) is 19.2 Å². The molecule has 2 aliphatic carbocycles. The van der Waals surface area contributed by atoms with Crippen molar-refractivity contribution in [1.82, 2.24) is 10.6 Å². The van der Waals surface area contributed by atoms with Crippen LogP contribution in [-0.4, -0.2) is 25.6 Å². The maximum atomic E-state index is 13.1. The summed E-state index contributed by atoms with van der Waals surface area (Å²) in [6.45, 7) is 0.866. The van der Waals surface area contributed by atoms with Gasteiger partial charge in [-0.1, -0.05) is 31.4 Å². The fourth-order valence-corrected chi connectivity index (χ4v) is 3.69. The second-order valence-electron chi connectivity index (χ2n) is 6.69. The number of hydrogen-bond donors (Lipinski definition) is 2. The summed E-state index contributed by atoms with van der Waals surface area (Å²) >= 11 is 0. The van der Waals surface area contributed by atoms with E-state index < -0.39 is 0 Å². The first-order valence-electron chi connectivity index (χ1n) is 8.45. The predicted molar refractivity (Wildman–Crippen MR) is 88.7 cm³/mol. The van der Waals surface area contributed by atoms with E-state index in [1.54, 1.807) is 12.1 Å². The first kappa shape index (κ1) is 15.3. The van der Waals surface area contributed by atoms with Gasteiger partial charge in [0.05, 0.1) is 0 Å². The number of hydrogen-bond acceptors (Lipinski definition) is 1. The highest BCUT2D eigenvalue weighted by Crippen LogP contribution is 2.43. The van der Waals surface area contributed by atoms with Crippen molar-refractivity contribution < 1.29 is 4.39 Å². The SMILES string of the molecule is CN=C(NCC1(c2ccc(F)cc2)CCC1)NC1CCCC1. The maximum Gasteiger partial charge on any atom is 0.191 e. The lowest BCUT2D eigenvalue weighted by Gasteiger charge is -2.43. The summed E-state index contributed by atoms with van der Waals surface area (Å²) in [5.74, 6) is 0.741. The Morgan fingerprint density at radius 2 is 1.86 bits per heavy atom. The van der Waals surface area contributed by atoms with Crippen molar-refractivity contribution in [3.63, 3.8) is 0 Å². The summed E-state index contributed by atoms with van der Waals surface area (Å²) in [4.78, 5) is 4.36. The molecule has 0 bridgehead atoms. The van der Waals surface area contributed by atoms with Crippen LogP contribution in [0.15, 0.2) is 29.3 Å². The Morgan fingerprint density at radius 1 is 1.18 bits per heavy atom. The van der Waals surface area contributed by atoms with Gasteiger partial charge in [0.2, 0.25) is 0 Å². The fraction of sp³-hybridized carbons (Fsp3) is 0.611. The van der Waals surface area contributed by atoms with Crippen LogP contribution >= 0.6 is 0 Å². The molecule has 22 heavy (non-hydrogen) atoms. The Kier molecular flexibility index (Phi) is 4.65. The van der Waals surface area contributed by atoms with Gasteiger partial charge < -0.3 is 10.6 Å². The number of aliphatic imine (C=N–C) groups is 1. The Morgan fingerprint density at radius 3 is 2.41 bits per heavy atom. The van der Waals surface area contributed by atoms with Gasteiger partial charge in [-0.3, -0.25) is 4.99 Å². The van der Waals surface area contributed by atoms with Crippen LogP contribution < -0.4 is 10.6 Å². The molecule has 0 atom stereocenters. The van der Waals surface area contributed by atoms with Crippen molar-refractivity contribution >= 4 is 5.96 Å². The minimum Gasteiger partial charge on any atom is -0.356 e. The Bertz CT molecular complexity index is 514. The quantitative estimate of drug-likeness (QED) is 0.661. The van der Waals surface area contributed by atoms with E-state index in [-0.39, 0.29) is 11.2 Å². The van der Waals surface area contributed by atoms with Crippen LogP contribution in [0.5, 0.6) is 0 Å². The third-order valence-corrected chi connectivity index (χ3v) is 5.28. The number of rotatable bonds is 4. The molecule has 2 aliphatic rings. The van der Waals surface area contributed by atoms with E-state index in [0.29, 0.717) is 6.04 Å². The van der Waals surface area contributed by atoms with Crippen LogP contribution in [0.2, 0.25) is 0 Å². The predicted octanol–water partition coefficient (Wildman–Crippen LogP) is 3.36. The summed E-state index contributed by atoms with van der Waals surface area (Å²) < 4.78 is 13.1. The molecule has 3 nitrogen and oxygen atoms in total. The number of nitrogens with zero attached hydrogens (tertiary/aromatic N) is 1. The van der Waals surface area contributed by atoms with E-state index >= 15 is 0 Å². The number of benzene rings is 1. The first-order chi connectivity index (χ1) is 10.7. The average molecular weight is 303 g/mol. The number of halogens is 1. The molecule has 3 rings (SSSR count). The van der Waals surface area contributed by atoms with Crippen LogP contribution in [0.1, 0.15) is 50.5 Å². The van der Waals surface area contributed by atoms with E-state index in [4.69, 9.17) is 0 Å². The molecule has 2 fully saturated rings. The summed E-state index contributed by atoms with van der Waals surface area (Å²) in [5, 5.41) is 7.02. The summed E-state index contributed by atoms with van der Waals surface area (Å²) in [5.41, 5.74) is 1.38. The molecule has 2 N–H and O–H groups in total. The second kappa shape index (κ2) is 6.67. The molecule has 0 aliphatic heterocycles. The van der Waals surface area contributed by atoms with Gasteiger partial charge in [0.25, 0.3) is 0 Å². The van der Waals surface area contributed by atoms with Gasteiger partial charge in [-0.15, -0.1) is 0 Å². The van der Waals surface area contributed by atoms with Crippen molar-refractivity contribution in [2.45, 2.75) is 56.4 Å².